The SMILES string of the molecule is CCCc1cc(C(=O)N(C)CCC2(CC)Nc3cc(OC)ccc3-n3cccc32)ccc1OC. The van der Waals surface area contributed by atoms with Gasteiger partial charge in [0.15, 0.2) is 0 Å². The van der Waals surface area contributed by atoms with Crippen LogP contribution in [0.25, 0.3) is 5.69 Å². The van der Waals surface area contributed by atoms with Crippen molar-refractivity contribution in [2.75, 3.05) is 33.1 Å². The number of hydrogen-bond acceptors (Lipinski definition) is 4. The molecule has 2 heterocycles. The van der Waals surface area contributed by atoms with Gasteiger partial charge in [-0.2, -0.15) is 0 Å². The van der Waals surface area contributed by atoms with Crippen molar-refractivity contribution in [2.24, 2.45) is 0 Å². The first-order chi connectivity index (χ1) is 16.5. The Morgan fingerprint density at radius 1 is 1.09 bits per heavy atom. The zero-order valence-corrected chi connectivity index (χ0v) is 20.9. The van der Waals surface area contributed by atoms with Gasteiger partial charge in [-0.25, -0.2) is 0 Å². The van der Waals surface area contributed by atoms with Gasteiger partial charge in [-0.15, -0.1) is 0 Å². The third-order valence-corrected chi connectivity index (χ3v) is 6.95. The highest BCUT2D eigenvalue weighted by Crippen LogP contribution is 2.42. The number of aryl methyl sites for hydroxylation is 1. The van der Waals surface area contributed by atoms with E-state index in [4.69, 9.17) is 9.47 Å². The number of anilines is 1. The molecule has 1 aliphatic rings. The number of nitrogens with one attached hydrogen (secondary N) is 1. The molecule has 0 radical (unpaired) electrons. The van der Waals surface area contributed by atoms with Crippen LogP contribution in [0.1, 0.15) is 54.7 Å². The monoisotopic (exact) mass is 461 g/mol. The number of methoxy groups -OCH3 is 2. The molecular formula is C28H35N3O3. The zero-order valence-electron chi connectivity index (χ0n) is 20.9. The number of nitrogens with zero attached hydrogens (tertiary/aromatic N) is 2. The topological polar surface area (TPSA) is 55.7 Å². The van der Waals surface area contributed by atoms with E-state index in [0.29, 0.717) is 12.1 Å². The lowest BCUT2D eigenvalue weighted by atomic mass is 9.85. The van der Waals surface area contributed by atoms with E-state index in [2.05, 4.69) is 48.1 Å². The van der Waals surface area contributed by atoms with Crippen LogP contribution in [0.3, 0.4) is 0 Å². The Morgan fingerprint density at radius 3 is 2.62 bits per heavy atom. The van der Waals surface area contributed by atoms with Crippen LogP contribution in [-0.4, -0.2) is 43.2 Å². The number of fused-ring (bicyclic) bond motifs is 3. The lowest BCUT2D eigenvalue weighted by molar-refractivity contribution is 0.0784. The van der Waals surface area contributed by atoms with Gasteiger partial charge in [0.25, 0.3) is 5.91 Å². The largest absolute Gasteiger partial charge is 0.497 e. The maximum absolute atomic E-state index is 13.3. The normalized spacial score (nSPS) is 16.3. The van der Waals surface area contributed by atoms with Crippen LogP contribution < -0.4 is 14.8 Å². The fraction of sp³-hybridized carbons (Fsp3) is 0.393. The molecule has 0 saturated heterocycles. The van der Waals surface area contributed by atoms with Crippen molar-refractivity contribution >= 4 is 11.6 Å². The van der Waals surface area contributed by atoms with E-state index < -0.39 is 0 Å². The van der Waals surface area contributed by atoms with Gasteiger partial charge in [-0.1, -0.05) is 20.3 Å². The summed E-state index contributed by atoms with van der Waals surface area (Å²) >= 11 is 0. The average Bonchev–Trinajstić information content (AvgIpc) is 3.37. The summed E-state index contributed by atoms with van der Waals surface area (Å²) in [6.07, 6.45) is 5.66. The summed E-state index contributed by atoms with van der Waals surface area (Å²) in [6.45, 7) is 4.95. The lowest BCUT2D eigenvalue weighted by Gasteiger charge is -2.41. The Bertz CT molecular complexity index is 1170. The number of ether oxygens (including phenoxy) is 2. The predicted molar refractivity (Wildman–Crippen MR) is 136 cm³/mol. The molecule has 1 aliphatic heterocycles. The first-order valence-corrected chi connectivity index (χ1v) is 12.0. The quantitative estimate of drug-likeness (QED) is 0.448. The van der Waals surface area contributed by atoms with E-state index in [1.54, 1.807) is 14.2 Å². The number of hydrogen-bond donors (Lipinski definition) is 1. The van der Waals surface area contributed by atoms with Gasteiger partial charge >= 0.3 is 0 Å². The van der Waals surface area contributed by atoms with Gasteiger partial charge in [0.1, 0.15) is 11.5 Å². The number of benzene rings is 2. The van der Waals surface area contributed by atoms with Crippen LogP contribution in [0.5, 0.6) is 11.5 Å². The first-order valence-electron chi connectivity index (χ1n) is 12.0. The van der Waals surface area contributed by atoms with E-state index in [-0.39, 0.29) is 11.4 Å². The molecule has 1 atom stereocenters. The Labute approximate surface area is 202 Å². The van der Waals surface area contributed by atoms with Crippen LogP contribution in [-0.2, 0) is 12.0 Å². The third kappa shape index (κ3) is 4.25. The molecule has 0 aliphatic carbocycles. The van der Waals surface area contributed by atoms with Crippen molar-refractivity contribution in [1.82, 2.24) is 9.47 Å². The summed E-state index contributed by atoms with van der Waals surface area (Å²) in [6, 6.07) is 16.1. The Kier molecular flexibility index (Phi) is 6.87. The van der Waals surface area contributed by atoms with E-state index >= 15 is 0 Å². The third-order valence-electron chi connectivity index (χ3n) is 6.95. The second-order valence-corrected chi connectivity index (χ2v) is 8.96. The summed E-state index contributed by atoms with van der Waals surface area (Å²) in [5.41, 5.74) is 4.85. The van der Waals surface area contributed by atoms with Crippen molar-refractivity contribution in [1.29, 1.82) is 0 Å². The summed E-state index contributed by atoms with van der Waals surface area (Å²) < 4.78 is 13.2. The molecule has 1 unspecified atom stereocenters. The number of amides is 1. The summed E-state index contributed by atoms with van der Waals surface area (Å²) in [5, 5.41) is 3.80. The Morgan fingerprint density at radius 2 is 1.91 bits per heavy atom. The summed E-state index contributed by atoms with van der Waals surface area (Å²) in [7, 11) is 5.24. The van der Waals surface area contributed by atoms with E-state index in [0.717, 1.165) is 54.1 Å². The molecule has 0 spiro atoms. The molecule has 34 heavy (non-hydrogen) atoms. The minimum atomic E-state index is -0.287. The molecule has 1 amide bonds. The van der Waals surface area contributed by atoms with Crippen molar-refractivity contribution in [3.63, 3.8) is 0 Å². The Hall–Kier alpha value is -3.41. The highest BCUT2D eigenvalue weighted by atomic mass is 16.5. The number of carbonyl (C=O) groups is 1. The second kappa shape index (κ2) is 9.84. The fourth-order valence-corrected chi connectivity index (χ4v) is 4.95. The second-order valence-electron chi connectivity index (χ2n) is 8.96. The van der Waals surface area contributed by atoms with Gasteiger partial charge in [0, 0.05) is 37.1 Å². The number of carbonyl (C=O) groups excluding carboxylic acids is 1. The molecule has 0 bridgehead atoms. The van der Waals surface area contributed by atoms with Gasteiger partial charge in [-0.05, 0) is 67.3 Å². The van der Waals surface area contributed by atoms with Gasteiger partial charge in [0.2, 0.25) is 0 Å². The molecule has 1 aromatic heterocycles. The van der Waals surface area contributed by atoms with E-state index in [1.165, 1.54) is 5.69 Å². The summed E-state index contributed by atoms with van der Waals surface area (Å²) in [5.74, 6) is 1.69. The fourth-order valence-electron chi connectivity index (χ4n) is 4.95. The minimum absolute atomic E-state index is 0.0273. The minimum Gasteiger partial charge on any atom is -0.497 e. The molecule has 0 fully saturated rings. The molecule has 4 rings (SSSR count). The van der Waals surface area contributed by atoms with Crippen LogP contribution in [0, 0.1) is 0 Å². The molecule has 3 aromatic rings. The molecule has 6 nitrogen and oxygen atoms in total. The van der Waals surface area contributed by atoms with Crippen molar-refractivity contribution in [2.45, 2.75) is 45.1 Å². The Balaban J connectivity index is 1.56. The van der Waals surface area contributed by atoms with Crippen molar-refractivity contribution in [3.8, 4) is 17.2 Å². The summed E-state index contributed by atoms with van der Waals surface area (Å²) in [4.78, 5) is 15.1. The van der Waals surface area contributed by atoms with Gasteiger partial charge in [0.05, 0.1) is 31.1 Å². The van der Waals surface area contributed by atoms with Crippen molar-refractivity contribution < 1.29 is 14.3 Å². The van der Waals surface area contributed by atoms with E-state index in [1.807, 2.05) is 42.3 Å². The zero-order chi connectivity index (χ0) is 24.3. The van der Waals surface area contributed by atoms with E-state index in [9.17, 15) is 4.79 Å². The molecule has 6 heteroatoms. The maximum Gasteiger partial charge on any atom is 0.253 e. The molecule has 180 valence electrons. The van der Waals surface area contributed by atoms with Gasteiger partial charge in [-0.3, -0.25) is 4.79 Å². The lowest BCUT2D eigenvalue weighted by Crippen LogP contribution is -2.43. The number of rotatable bonds is 9. The first kappa shape index (κ1) is 23.7. The smallest absolute Gasteiger partial charge is 0.253 e. The molecule has 2 aromatic carbocycles. The van der Waals surface area contributed by atoms with Crippen LogP contribution in [0.4, 0.5) is 5.69 Å². The van der Waals surface area contributed by atoms with Crippen LogP contribution >= 0.6 is 0 Å². The average molecular weight is 462 g/mol. The highest BCUT2D eigenvalue weighted by molar-refractivity contribution is 5.94. The standard InChI is InChI=1S/C28H35N3O3/c1-6-9-20-18-21(11-14-25(20)34-5)27(32)30(3)17-15-28(7-2)26-10-8-16-31(26)24-13-12-22(33-4)19-23(24)29-28/h8,10-14,16,18-19,29H,6-7,9,15,17H2,1-5H3. The predicted octanol–water partition coefficient (Wildman–Crippen LogP) is 5.64. The van der Waals surface area contributed by atoms with Crippen LogP contribution in [0.15, 0.2) is 54.7 Å². The van der Waals surface area contributed by atoms with Gasteiger partial charge < -0.3 is 24.3 Å². The van der Waals surface area contributed by atoms with Crippen molar-refractivity contribution in [3.05, 3.63) is 71.5 Å². The van der Waals surface area contributed by atoms with Crippen LogP contribution in [0.2, 0.25) is 0 Å². The molecule has 0 saturated carbocycles. The number of aromatic nitrogens is 1. The molecule has 1 N–H and O–H groups in total. The highest BCUT2D eigenvalue weighted by Gasteiger charge is 2.37. The maximum atomic E-state index is 13.3. The molecular weight excluding hydrogens is 426 g/mol.